The van der Waals surface area contributed by atoms with E-state index in [0.29, 0.717) is 27.4 Å². The van der Waals surface area contributed by atoms with Crippen molar-refractivity contribution in [2.24, 2.45) is 4.99 Å². The van der Waals surface area contributed by atoms with E-state index < -0.39 is 12.0 Å². The van der Waals surface area contributed by atoms with Crippen LogP contribution in [0.4, 0.5) is 4.39 Å². The zero-order valence-corrected chi connectivity index (χ0v) is 14.2. The average Bonchev–Trinajstić information content (AvgIpc) is 3.08. The Bertz CT molecular complexity index is 792. The Morgan fingerprint density at radius 1 is 1.29 bits per heavy atom. The molecule has 0 saturated heterocycles. The number of halogens is 2. The van der Waals surface area contributed by atoms with Gasteiger partial charge < -0.3 is 14.2 Å². The highest BCUT2D eigenvalue weighted by Gasteiger charge is 2.27. The van der Waals surface area contributed by atoms with Crippen molar-refractivity contribution in [2.75, 3.05) is 13.7 Å². The molecule has 3 rings (SSSR count). The first-order chi connectivity index (χ1) is 11.6. The molecule has 7 heteroatoms. The molecule has 2 aromatic carbocycles. The van der Waals surface area contributed by atoms with Crippen molar-refractivity contribution in [2.45, 2.75) is 6.04 Å². The molecular formula is C17H13BrFNO4. The summed E-state index contributed by atoms with van der Waals surface area (Å²) in [7, 11) is 1.31. The maximum Gasteiger partial charge on any atom is 0.334 e. The number of benzene rings is 2. The van der Waals surface area contributed by atoms with E-state index >= 15 is 0 Å². The van der Waals surface area contributed by atoms with Gasteiger partial charge in [0.05, 0.1) is 11.6 Å². The van der Waals surface area contributed by atoms with Gasteiger partial charge in [-0.1, -0.05) is 0 Å². The zero-order chi connectivity index (χ0) is 17.1. The number of hydrogen-bond acceptors (Lipinski definition) is 5. The van der Waals surface area contributed by atoms with E-state index in [1.165, 1.54) is 19.2 Å². The van der Waals surface area contributed by atoms with Gasteiger partial charge in [-0.15, -0.1) is 0 Å². The lowest BCUT2D eigenvalue weighted by molar-refractivity contribution is -0.142. The summed E-state index contributed by atoms with van der Waals surface area (Å²) in [6.07, 6.45) is 0. The van der Waals surface area contributed by atoms with Crippen LogP contribution in [-0.2, 0) is 14.3 Å². The predicted octanol–water partition coefficient (Wildman–Crippen LogP) is 3.70. The van der Waals surface area contributed by atoms with Gasteiger partial charge >= 0.3 is 5.97 Å². The number of carbonyl (C=O) groups is 1. The van der Waals surface area contributed by atoms with Crippen LogP contribution in [0, 0.1) is 5.82 Å². The zero-order valence-electron chi connectivity index (χ0n) is 12.7. The van der Waals surface area contributed by atoms with Crippen LogP contribution >= 0.6 is 15.9 Å². The van der Waals surface area contributed by atoms with Crippen LogP contribution in [0.1, 0.15) is 5.56 Å². The molecule has 1 atom stereocenters. The van der Waals surface area contributed by atoms with Crippen LogP contribution in [0.15, 0.2) is 51.9 Å². The molecule has 0 bridgehead atoms. The smallest absolute Gasteiger partial charge is 0.334 e. The van der Waals surface area contributed by atoms with E-state index in [0.717, 1.165) is 0 Å². The molecule has 0 amide bonds. The molecule has 1 heterocycles. The van der Waals surface area contributed by atoms with Crippen LogP contribution in [-0.4, -0.2) is 31.6 Å². The van der Waals surface area contributed by atoms with E-state index in [9.17, 15) is 9.18 Å². The van der Waals surface area contributed by atoms with Crippen molar-refractivity contribution in [3.8, 4) is 11.5 Å². The Labute approximate surface area is 146 Å². The third kappa shape index (κ3) is 3.56. The van der Waals surface area contributed by atoms with Crippen LogP contribution in [0.5, 0.6) is 11.5 Å². The number of carbonyl (C=O) groups excluding carboxylic acids is 1. The number of nitrogens with zero attached hydrogens (tertiary/aromatic N) is 1. The van der Waals surface area contributed by atoms with Gasteiger partial charge in [-0.05, 0) is 52.3 Å². The number of rotatable bonds is 4. The van der Waals surface area contributed by atoms with Gasteiger partial charge in [0.2, 0.25) is 5.90 Å². The standard InChI is InChI=1S/C17H13BrFNO4/c1-22-17(21)14-9-23-16(20-14)10-2-5-12(6-3-10)24-15-8-11(19)4-7-13(15)18/h2-8,14H,9H2,1H3. The van der Waals surface area contributed by atoms with E-state index in [2.05, 4.69) is 25.7 Å². The lowest BCUT2D eigenvalue weighted by Crippen LogP contribution is -2.21. The highest BCUT2D eigenvalue weighted by molar-refractivity contribution is 9.10. The Morgan fingerprint density at radius 3 is 2.75 bits per heavy atom. The monoisotopic (exact) mass is 393 g/mol. The second-order valence-corrected chi connectivity index (χ2v) is 5.84. The maximum atomic E-state index is 13.3. The van der Waals surface area contributed by atoms with Gasteiger partial charge in [0.15, 0.2) is 6.04 Å². The minimum atomic E-state index is -0.635. The third-order valence-corrected chi connectivity index (χ3v) is 4.00. The van der Waals surface area contributed by atoms with E-state index in [1.807, 2.05) is 0 Å². The summed E-state index contributed by atoms with van der Waals surface area (Å²) in [6.45, 7) is 0.163. The number of esters is 1. The highest BCUT2D eigenvalue weighted by Crippen LogP contribution is 2.30. The van der Waals surface area contributed by atoms with Crippen molar-refractivity contribution in [1.29, 1.82) is 0 Å². The number of ether oxygens (including phenoxy) is 3. The molecular weight excluding hydrogens is 381 g/mol. The molecule has 1 aliphatic heterocycles. The summed E-state index contributed by atoms with van der Waals surface area (Å²) in [5.74, 6) is 0.480. The summed E-state index contributed by atoms with van der Waals surface area (Å²) in [5, 5.41) is 0. The Morgan fingerprint density at radius 2 is 2.04 bits per heavy atom. The van der Waals surface area contributed by atoms with Gasteiger partial charge in [-0.3, -0.25) is 0 Å². The van der Waals surface area contributed by atoms with Crippen molar-refractivity contribution in [3.63, 3.8) is 0 Å². The number of aliphatic imine (C=N–C) groups is 1. The Hall–Kier alpha value is -2.41. The molecule has 0 radical (unpaired) electrons. The SMILES string of the molecule is COC(=O)C1COC(c2ccc(Oc3cc(F)ccc3Br)cc2)=N1. The molecule has 0 fully saturated rings. The summed E-state index contributed by atoms with van der Waals surface area (Å²) in [4.78, 5) is 15.6. The summed E-state index contributed by atoms with van der Waals surface area (Å²) in [5.41, 5.74) is 0.715. The minimum absolute atomic E-state index is 0.163. The highest BCUT2D eigenvalue weighted by atomic mass is 79.9. The topological polar surface area (TPSA) is 57.1 Å². The van der Waals surface area contributed by atoms with Gasteiger partial charge in [0.1, 0.15) is 23.9 Å². The lowest BCUT2D eigenvalue weighted by atomic mass is 10.2. The van der Waals surface area contributed by atoms with Crippen molar-refractivity contribution < 1.29 is 23.4 Å². The molecule has 24 heavy (non-hydrogen) atoms. The van der Waals surface area contributed by atoms with Crippen molar-refractivity contribution in [1.82, 2.24) is 0 Å². The first kappa shape index (κ1) is 16.4. The van der Waals surface area contributed by atoms with Gasteiger partial charge in [0.25, 0.3) is 0 Å². The quantitative estimate of drug-likeness (QED) is 0.743. The van der Waals surface area contributed by atoms with E-state index in [1.54, 1.807) is 30.3 Å². The fourth-order valence-electron chi connectivity index (χ4n) is 2.14. The average molecular weight is 394 g/mol. The lowest BCUT2D eigenvalue weighted by Gasteiger charge is -2.08. The van der Waals surface area contributed by atoms with Gasteiger partial charge in [0, 0.05) is 11.6 Å². The fourth-order valence-corrected chi connectivity index (χ4v) is 2.46. The van der Waals surface area contributed by atoms with Gasteiger partial charge in [-0.2, -0.15) is 0 Å². The first-order valence-corrected chi connectivity index (χ1v) is 7.88. The van der Waals surface area contributed by atoms with E-state index in [4.69, 9.17) is 9.47 Å². The number of methoxy groups -OCH3 is 1. The maximum absolute atomic E-state index is 13.3. The van der Waals surface area contributed by atoms with Crippen LogP contribution < -0.4 is 4.74 Å². The second-order valence-electron chi connectivity index (χ2n) is 4.99. The minimum Gasteiger partial charge on any atom is -0.475 e. The largest absolute Gasteiger partial charge is 0.475 e. The normalized spacial score (nSPS) is 16.3. The van der Waals surface area contributed by atoms with E-state index in [-0.39, 0.29) is 12.4 Å². The first-order valence-electron chi connectivity index (χ1n) is 7.08. The molecule has 0 spiro atoms. The molecule has 5 nitrogen and oxygen atoms in total. The molecule has 0 saturated carbocycles. The predicted molar refractivity (Wildman–Crippen MR) is 88.9 cm³/mol. The van der Waals surface area contributed by atoms with Crippen LogP contribution in [0.3, 0.4) is 0 Å². The molecule has 124 valence electrons. The summed E-state index contributed by atoms with van der Waals surface area (Å²) in [6, 6.07) is 10.5. The molecule has 0 N–H and O–H groups in total. The number of hydrogen-bond donors (Lipinski definition) is 0. The molecule has 1 aliphatic rings. The van der Waals surface area contributed by atoms with Crippen LogP contribution in [0.25, 0.3) is 0 Å². The fraction of sp³-hybridized carbons (Fsp3) is 0.176. The summed E-state index contributed by atoms with van der Waals surface area (Å²) >= 11 is 3.31. The summed E-state index contributed by atoms with van der Waals surface area (Å²) < 4.78 is 29.6. The molecule has 1 unspecified atom stereocenters. The molecule has 0 aromatic heterocycles. The van der Waals surface area contributed by atoms with Crippen LogP contribution in [0.2, 0.25) is 0 Å². The second kappa shape index (κ2) is 7.00. The third-order valence-electron chi connectivity index (χ3n) is 3.35. The Kier molecular flexibility index (Phi) is 4.80. The molecule has 2 aromatic rings. The van der Waals surface area contributed by atoms with Crippen molar-refractivity contribution >= 4 is 27.8 Å². The molecule has 0 aliphatic carbocycles. The van der Waals surface area contributed by atoms with Gasteiger partial charge in [-0.25, -0.2) is 14.2 Å². The Balaban J connectivity index is 1.74. The van der Waals surface area contributed by atoms with Crippen molar-refractivity contribution in [3.05, 3.63) is 58.3 Å².